The average molecular weight is 392 g/mol. The van der Waals surface area contributed by atoms with E-state index in [0.29, 0.717) is 5.56 Å². The zero-order chi connectivity index (χ0) is 17.9. The van der Waals surface area contributed by atoms with Crippen molar-refractivity contribution in [2.24, 2.45) is 5.10 Å². The number of rotatable bonds is 4. The number of nitro groups is 1. The van der Waals surface area contributed by atoms with Crippen molar-refractivity contribution in [1.82, 2.24) is 5.43 Å². The molecule has 0 heterocycles. The number of phenolic OH excluding ortho intramolecular Hbond substituents is 1. The lowest BCUT2D eigenvalue weighted by Crippen LogP contribution is -2.17. The highest BCUT2D eigenvalue weighted by atomic mass is 79.9. The molecule has 0 aliphatic carbocycles. The van der Waals surface area contributed by atoms with Crippen LogP contribution in [0.25, 0.3) is 0 Å². The van der Waals surface area contributed by atoms with Crippen LogP contribution in [0.1, 0.15) is 27.0 Å². The van der Waals surface area contributed by atoms with Gasteiger partial charge in [-0.15, -0.1) is 0 Å². The van der Waals surface area contributed by atoms with Gasteiger partial charge in [-0.2, -0.15) is 5.10 Å². The summed E-state index contributed by atoms with van der Waals surface area (Å²) in [5.41, 5.74) is 4.58. The molecule has 0 fully saturated rings. The Morgan fingerprint density at radius 3 is 2.46 bits per heavy atom. The molecule has 0 radical (unpaired) electrons. The van der Waals surface area contributed by atoms with Crippen molar-refractivity contribution in [3.05, 3.63) is 67.2 Å². The Kier molecular flexibility index (Phi) is 5.30. The number of aryl methyl sites for hydroxylation is 2. The fourth-order valence-electron chi connectivity index (χ4n) is 2.14. The number of nitrogens with one attached hydrogen (secondary N) is 1. The number of hydrogen-bond donors (Lipinski definition) is 2. The summed E-state index contributed by atoms with van der Waals surface area (Å²) in [6.45, 7) is 3.76. The van der Waals surface area contributed by atoms with E-state index in [-0.39, 0.29) is 21.5 Å². The first-order valence-electron chi connectivity index (χ1n) is 6.86. The van der Waals surface area contributed by atoms with E-state index < -0.39 is 10.8 Å². The molecule has 2 aromatic rings. The molecule has 0 saturated carbocycles. The van der Waals surface area contributed by atoms with Crippen LogP contribution in [0, 0.1) is 24.0 Å². The zero-order valence-corrected chi connectivity index (χ0v) is 14.5. The summed E-state index contributed by atoms with van der Waals surface area (Å²) in [6, 6.07) is 7.73. The molecule has 0 saturated heterocycles. The normalized spacial score (nSPS) is 10.8. The van der Waals surface area contributed by atoms with Crippen LogP contribution in [0.15, 0.2) is 39.9 Å². The molecule has 0 aliphatic heterocycles. The molecule has 2 rings (SSSR count). The Bertz CT molecular complexity index is 829. The summed E-state index contributed by atoms with van der Waals surface area (Å²) >= 11 is 3.04. The summed E-state index contributed by atoms with van der Waals surface area (Å²) in [6.07, 6.45) is 1.15. The molecule has 0 unspecified atom stereocenters. The van der Waals surface area contributed by atoms with Gasteiger partial charge in [-0.3, -0.25) is 14.9 Å². The van der Waals surface area contributed by atoms with Gasteiger partial charge in [-0.1, -0.05) is 17.2 Å². The molecular weight excluding hydrogens is 378 g/mol. The van der Waals surface area contributed by atoms with Gasteiger partial charge in [-0.05, 0) is 41.9 Å². The minimum Gasteiger partial charge on any atom is -0.506 e. The Labute approximate surface area is 146 Å². The first kappa shape index (κ1) is 17.6. The number of hydrogen-bond acceptors (Lipinski definition) is 5. The quantitative estimate of drug-likeness (QED) is 0.472. The largest absolute Gasteiger partial charge is 0.506 e. The fourth-order valence-corrected chi connectivity index (χ4v) is 2.60. The third kappa shape index (κ3) is 4.17. The van der Waals surface area contributed by atoms with Gasteiger partial charge in [-0.25, -0.2) is 5.43 Å². The Hall–Kier alpha value is -2.74. The van der Waals surface area contributed by atoms with E-state index in [9.17, 15) is 20.0 Å². The smallest absolute Gasteiger partial charge is 0.271 e. The number of non-ortho nitro benzene ring substituents is 1. The van der Waals surface area contributed by atoms with Crippen molar-refractivity contribution in [1.29, 1.82) is 0 Å². The van der Waals surface area contributed by atoms with E-state index in [1.807, 2.05) is 19.9 Å². The van der Waals surface area contributed by atoms with Gasteiger partial charge >= 0.3 is 0 Å². The van der Waals surface area contributed by atoms with E-state index in [0.717, 1.165) is 23.4 Å². The second kappa shape index (κ2) is 7.22. The van der Waals surface area contributed by atoms with Crippen LogP contribution in [0.2, 0.25) is 0 Å². The topological polar surface area (TPSA) is 105 Å². The monoisotopic (exact) mass is 391 g/mol. The summed E-state index contributed by atoms with van der Waals surface area (Å²) < 4.78 is 0.166. The van der Waals surface area contributed by atoms with E-state index in [4.69, 9.17) is 0 Å². The first-order chi connectivity index (χ1) is 11.3. The number of carbonyl (C=O) groups excluding carboxylic acids is 1. The zero-order valence-electron chi connectivity index (χ0n) is 12.9. The number of nitro benzene ring substituents is 1. The van der Waals surface area contributed by atoms with Gasteiger partial charge in [0.05, 0.1) is 15.6 Å². The standard InChI is InChI=1S/C16H14BrN3O4/c1-9-3-10(2)5-11(4-9)16(22)19-18-8-12-6-13(20(23)24)7-14(17)15(12)21/h3-8,21H,1-2H3,(H,19,22). The van der Waals surface area contributed by atoms with E-state index >= 15 is 0 Å². The molecule has 0 bridgehead atoms. The number of phenols is 1. The predicted octanol–water partition coefficient (Wildman–Crippen LogP) is 3.44. The van der Waals surface area contributed by atoms with Crippen molar-refractivity contribution in [2.45, 2.75) is 13.8 Å². The highest BCUT2D eigenvalue weighted by Gasteiger charge is 2.13. The van der Waals surface area contributed by atoms with Crippen LogP contribution in [-0.4, -0.2) is 22.2 Å². The molecule has 0 aliphatic rings. The predicted molar refractivity (Wildman–Crippen MR) is 93.4 cm³/mol. The molecule has 0 atom stereocenters. The highest BCUT2D eigenvalue weighted by Crippen LogP contribution is 2.31. The molecule has 0 spiro atoms. The number of carbonyl (C=O) groups is 1. The van der Waals surface area contributed by atoms with Gasteiger partial charge in [0.25, 0.3) is 11.6 Å². The van der Waals surface area contributed by atoms with Gasteiger partial charge in [0.2, 0.25) is 0 Å². The maximum Gasteiger partial charge on any atom is 0.271 e. The van der Waals surface area contributed by atoms with Gasteiger partial charge < -0.3 is 5.11 Å². The number of nitrogens with zero attached hydrogens (tertiary/aromatic N) is 2. The molecule has 7 nitrogen and oxygen atoms in total. The minimum absolute atomic E-state index is 0.108. The van der Waals surface area contributed by atoms with Crippen LogP contribution in [0.5, 0.6) is 5.75 Å². The summed E-state index contributed by atoms with van der Waals surface area (Å²) in [5.74, 6) is -0.618. The minimum atomic E-state index is -0.588. The molecule has 8 heteroatoms. The number of benzene rings is 2. The molecule has 0 aromatic heterocycles. The maximum absolute atomic E-state index is 12.1. The number of amides is 1. The van der Waals surface area contributed by atoms with Crippen LogP contribution >= 0.6 is 15.9 Å². The molecule has 24 heavy (non-hydrogen) atoms. The molecular formula is C16H14BrN3O4. The van der Waals surface area contributed by atoms with Crippen molar-refractivity contribution >= 4 is 33.7 Å². The van der Waals surface area contributed by atoms with Gasteiger partial charge in [0.15, 0.2) is 0 Å². The highest BCUT2D eigenvalue weighted by molar-refractivity contribution is 9.10. The van der Waals surface area contributed by atoms with Gasteiger partial charge in [0, 0.05) is 23.3 Å². The lowest BCUT2D eigenvalue weighted by Gasteiger charge is -2.04. The average Bonchev–Trinajstić information content (AvgIpc) is 2.49. The molecule has 2 aromatic carbocycles. The molecule has 124 valence electrons. The Morgan fingerprint density at radius 2 is 1.88 bits per heavy atom. The van der Waals surface area contributed by atoms with Crippen LogP contribution in [0.3, 0.4) is 0 Å². The van der Waals surface area contributed by atoms with Crippen molar-refractivity contribution in [3.63, 3.8) is 0 Å². The second-order valence-corrected chi connectivity index (χ2v) is 6.05. The van der Waals surface area contributed by atoms with Crippen molar-refractivity contribution in [2.75, 3.05) is 0 Å². The first-order valence-corrected chi connectivity index (χ1v) is 7.66. The van der Waals surface area contributed by atoms with E-state index in [1.54, 1.807) is 12.1 Å². The van der Waals surface area contributed by atoms with E-state index in [1.165, 1.54) is 6.07 Å². The Morgan fingerprint density at radius 1 is 1.25 bits per heavy atom. The van der Waals surface area contributed by atoms with E-state index in [2.05, 4.69) is 26.5 Å². The van der Waals surface area contributed by atoms with Gasteiger partial charge in [0.1, 0.15) is 5.75 Å². The molecule has 1 amide bonds. The number of hydrazone groups is 1. The molecule has 2 N–H and O–H groups in total. The SMILES string of the molecule is Cc1cc(C)cc(C(=O)NN=Cc2cc([N+](=O)[O-])cc(Br)c2O)c1. The summed E-state index contributed by atoms with van der Waals surface area (Å²) in [7, 11) is 0. The fraction of sp³-hybridized carbons (Fsp3) is 0.125. The summed E-state index contributed by atoms with van der Waals surface area (Å²) in [5, 5.41) is 24.5. The Balaban J connectivity index is 2.19. The van der Waals surface area contributed by atoms with Crippen LogP contribution in [-0.2, 0) is 0 Å². The third-order valence-corrected chi connectivity index (χ3v) is 3.75. The van der Waals surface area contributed by atoms with Crippen LogP contribution < -0.4 is 5.43 Å². The van der Waals surface area contributed by atoms with Crippen molar-refractivity contribution in [3.8, 4) is 5.75 Å². The van der Waals surface area contributed by atoms with Crippen LogP contribution in [0.4, 0.5) is 5.69 Å². The lowest BCUT2D eigenvalue weighted by atomic mass is 10.1. The number of halogens is 1. The number of aromatic hydroxyl groups is 1. The summed E-state index contributed by atoms with van der Waals surface area (Å²) in [4.78, 5) is 22.3. The lowest BCUT2D eigenvalue weighted by molar-refractivity contribution is -0.385. The van der Waals surface area contributed by atoms with Crippen molar-refractivity contribution < 1.29 is 14.8 Å². The maximum atomic E-state index is 12.1. The second-order valence-electron chi connectivity index (χ2n) is 5.20. The third-order valence-electron chi connectivity index (χ3n) is 3.14.